The van der Waals surface area contributed by atoms with Gasteiger partial charge in [-0.15, -0.1) is 24.8 Å². The van der Waals surface area contributed by atoms with Crippen molar-refractivity contribution in [2.75, 3.05) is 26.2 Å². The molecule has 4 nitrogen and oxygen atoms in total. The Labute approximate surface area is 114 Å². The second kappa shape index (κ2) is 11.5. The van der Waals surface area contributed by atoms with Crippen LogP contribution in [-0.4, -0.2) is 26.2 Å². The molecule has 0 radical (unpaired) electrons. The van der Waals surface area contributed by atoms with Crippen molar-refractivity contribution in [2.45, 2.75) is 0 Å². The molecule has 0 bridgehead atoms. The molecular formula is C11H17Cl2N3O. The van der Waals surface area contributed by atoms with Gasteiger partial charge in [-0.2, -0.15) is 5.26 Å². The maximum absolute atomic E-state index is 8.59. The van der Waals surface area contributed by atoms with E-state index in [2.05, 4.69) is 11.4 Å². The first-order valence-corrected chi connectivity index (χ1v) is 4.90. The zero-order valence-corrected chi connectivity index (χ0v) is 11.0. The standard InChI is InChI=1S/C11H15N3O.2ClH/c12-5-6-14-7-8-15-11-3-1-10(9-13)2-4-11;;/h1-4,14H,5-8,12H2;2*1H. The molecule has 0 unspecified atom stereocenters. The zero-order valence-electron chi connectivity index (χ0n) is 9.39. The van der Waals surface area contributed by atoms with Crippen molar-refractivity contribution in [3.63, 3.8) is 0 Å². The van der Waals surface area contributed by atoms with Gasteiger partial charge in [0.2, 0.25) is 0 Å². The minimum atomic E-state index is 0. The fourth-order valence-corrected chi connectivity index (χ4v) is 1.09. The van der Waals surface area contributed by atoms with E-state index in [0.29, 0.717) is 18.7 Å². The molecule has 0 atom stereocenters. The number of nitriles is 1. The normalized spacial score (nSPS) is 8.47. The van der Waals surface area contributed by atoms with Crippen LogP contribution in [0.1, 0.15) is 5.56 Å². The Morgan fingerprint density at radius 2 is 1.82 bits per heavy atom. The zero-order chi connectivity index (χ0) is 10.9. The number of nitrogens with zero attached hydrogens (tertiary/aromatic N) is 1. The van der Waals surface area contributed by atoms with Gasteiger partial charge in [-0.25, -0.2) is 0 Å². The molecule has 0 amide bonds. The van der Waals surface area contributed by atoms with Crippen LogP contribution in [0.2, 0.25) is 0 Å². The van der Waals surface area contributed by atoms with Gasteiger partial charge in [0.1, 0.15) is 12.4 Å². The molecule has 0 aliphatic heterocycles. The Kier molecular flexibility index (Phi) is 12.4. The predicted octanol–water partition coefficient (Wildman–Crippen LogP) is 1.33. The molecule has 0 aliphatic carbocycles. The summed E-state index contributed by atoms with van der Waals surface area (Å²) < 4.78 is 5.44. The van der Waals surface area contributed by atoms with E-state index in [9.17, 15) is 0 Å². The topological polar surface area (TPSA) is 71.1 Å². The summed E-state index contributed by atoms with van der Waals surface area (Å²) in [5.41, 5.74) is 5.96. The first-order chi connectivity index (χ1) is 7.36. The van der Waals surface area contributed by atoms with Gasteiger partial charge in [-0.3, -0.25) is 0 Å². The third kappa shape index (κ3) is 7.83. The van der Waals surface area contributed by atoms with E-state index in [1.54, 1.807) is 24.3 Å². The quantitative estimate of drug-likeness (QED) is 0.770. The highest BCUT2D eigenvalue weighted by atomic mass is 35.5. The van der Waals surface area contributed by atoms with Gasteiger partial charge < -0.3 is 15.8 Å². The fourth-order valence-electron chi connectivity index (χ4n) is 1.09. The lowest BCUT2D eigenvalue weighted by molar-refractivity contribution is 0.315. The smallest absolute Gasteiger partial charge is 0.119 e. The molecule has 96 valence electrons. The van der Waals surface area contributed by atoms with Crippen LogP contribution in [0.3, 0.4) is 0 Å². The fraction of sp³-hybridized carbons (Fsp3) is 0.364. The van der Waals surface area contributed by atoms with E-state index in [4.69, 9.17) is 15.7 Å². The summed E-state index contributed by atoms with van der Waals surface area (Å²) in [6, 6.07) is 9.12. The number of ether oxygens (including phenoxy) is 1. The van der Waals surface area contributed by atoms with Gasteiger partial charge in [0, 0.05) is 19.6 Å². The van der Waals surface area contributed by atoms with Gasteiger partial charge in [0.15, 0.2) is 0 Å². The summed E-state index contributed by atoms with van der Waals surface area (Å²) >= 11 is 0. The summed E-state index contributed by atoms with van der Waals surface area (Å²) in [5.74, 6) is 0.781. The van der Waals surface area contributed by atoms with Crippen LogP contribution in [0, 0.1) is 11.3 Å². The summed E-state index contributed by atoms with van der Waals surface area (Å²) in [6.45, 7) is 2.82. The third-order valence-electron chi connectivity index (χ3n) is 1.85. The number of nitrogens with two attached hydrogens (primary N) is 1. The second-order valence-corrected chi connectivity index (χ2v) is 3.02. The van der Waals surface area contributed by atoms with Crippen LogP contribution in [0.25, 0.3) is 0 Å². The SMILES string of the molecule is Cl.Cl.N#Cc1ccc(OCCNCCN)cc1. The lowest BCUT2D eigenvalue weighted by Crippen LogP contribution is -2.26. The number of hydrogen-bond donors (Lipinski definition) is 2. The van der Waals surface area contributed by atoms with E-state index >= 15 is 0 Å². The van der Waals surface area contributed by atoms with Crippen molar-refractivity contribution < 1.29 is 4.74 Å². The Morgan fingerprint density at radius 1 is 1.18 bits per heavy atom. The van der Waals surface area contributed by atoms with Crippen LogP contribution in [-0.2, 0) is 0 Å². The largest absolute Gasteiger partial charge is 0.492 e. The first kappa shape index (κ1) is 18.4. The highest BCUT2D eigenvalue weighted by Crippen LogP contribution is 2.10. The predicted molar refractivity (Wildman–Crippen MR) is 73.1 cm³/mol. The van der Waals surface area contributed by atoms with E-state index in [0.717, 1.165) is 18.8 Å². The van der Waals surface area contributed by atoms with Crippen molar-refractivity contribution in [2.24, 2.45) is 5.73 Å². The monoisotopic (exact) mass is 277 g/mol. The van der Waals surface area contributed by atoms with Crippen LogP contribution in [0.5, 0.6) is 5.75 Å². The van der Waals surface area contributed by atoms with Gasteiger partial charge in [0.25, 0.3) is 0 Å². The molecule has 3 N–H and O–H groups in total. The Balaban J connectivity index is 0. The average Bonchev–Trinajstić information content (AvgIpc) is 2.30. The molecule has 1 aromatic carbocycles. The van der Waals surface area contributed by atoms with Crippen LogP contribution < -0.4 is 15.8 Å². The number of halogens is 2. The summed E-state index contributed by atoms with van der Waals surface area (Å²) in [5, 5.41) is 11.7. The summed E-state index contributed by atoms with van der Waals surface area (Å²) in [4.78, 5) is 0. The summed E-state index contributed by atoms with van der Waals surface area (Å²) in [7, 11) is 0. The second-order valence-electron chi connectivity index (χ2n) is 3.02. The highest BCUT2D eigenvalue weighted by Gasteiger charge is 1.93. The minimum Gasteiger partial charge on any atom is -0.492 e. The molecule has 6 heteroatoms. The molecule has 0 aliphatic rings. The number of rotatable bonds is 6. The van der Waals surface area contributed by atoms with Crippen molar-refractivity contribution in [1.29, 1.82) is 5.26 Å². The lowest BCUT2D eigenvalue weighted by Gasteiger charge is -2.06. The van der Waals surface area contributed by atoms with Gasteiger partial charge in [-0.05, 0) is 24.3 Å². The Morgan fingerprint density at radius 3 is 2.35 bits per heavy atom. The van der Waals surface area contributed by atoms with Gasteiger partial charge >= 0.3 is 0 Å². The maximum Gasteiger partial charge on any atom is 0.119 e. The molecule has 1 aromatic rings. The third-order valence-corrected chi connectivity index (χ3v) is 1.85. The first-order valence-electron chi connectivity index (χ1n) is 4.90. The van der Waals surface area contributed by atoms with Crippen molar-refractivity contribution in [3.8, 4) is 11.8 Å². The van der Waals surface area contributed by atoms with Crippen molar-refractivity contribution in [3.05, 3.63) is 29.8 Å². The Hall–Kier alpha value is -0.990. The molecule has 0 aromatic heterocycles. The van der Waals surface area contributed by atoms with Gasteiger partial charge in [0.05, 0.1) is 11.6 Å². The summed E-state index contributed by atoms with van der Waals surface area (Å²) in [6.07, 6.45) is 0. The Bertz CT molecular complexity index is 324. The molecule has 0 spiro atoms. The molecular weight excluding hydrogens is 261 g/mol. The van der Waals surface area contributed by atoms with Crippen LogP contribution in [0.4, 0.5) is 0 Å². The van der Waals surface area contributed by atoms with Crippen LogP contribution in [0.15, 0.2) is 24.3 Å². The average molecular weight is 278 g/mol. The molecule has 1 rings (SSSR count). The molecule has 0 saturated heterocycles. The maximum atomic E-state index is 8.59. The number of benzene rings is 1. The number of hydrogen-bond acceptors (Lipinski definition) is 4. The molecule has 0 fully saturated rings. The van der Waals surface area contributed by atoms with E-state index in [1.807, 2.05) is 0 Å². The molecule has 0 saturated carbocycles. The van der Waals surface area contributed by atoms with E-state index in [1.165, 1.54) is 0 Å². The van der Waals surface area contributed by atoms with E-state index < -0.39 is 0 Å². The minimum absolute atomic E-state index is 0. The number of nitrogens with one attached hydrogen (secondary N) is 1. The van der Waals surface area contributed by atoms with E-state index in [-0.39, 0.29) is 24.8 Å². The van der Waals surface area contributed by atoms with Crippen LogP contribution >= 0.6 is 24.8 Å². The lowest BCUT2D eigenvalue weighted by atomic mass is 10.2. The molecule has 17 heavy (non-hydrogen) atoms. The van der Waals surface area contributed by atoms with Crippen molar-refractivity contribution in [1.82, 2.24) is 5.32 Å². The van der Waals surface area contributed by atoms with Gasteiger partial charge in [-0.1, -0.05) is 0 Å². The van der Waals surface area contributed by atoms with Crippen molar-refractivity contribution >= 4 is 24.8 Å². The highest BCUT2D eigenvalue weighted by molar-refractivity contribution is 5.85. The molecule has 0 heterocycles.